The number of rotatable bonds is 4. The highest BCUT2D eigenvalue weighted by atomic mass is 16.6. The van der Waals surface area contributed by atoms with Crippen molar-refractivity contribution >= 4 is 11.6 Å². The molecule has 0 atom stereocenters. The molecule has 3 N–H and O–H groups in total. The van der Waals surface area contributed by atoms with Crippen molar-refractivity contribution in [3.05, 3.63) is 51.8 Å². The van der Waals surface area contributed by atoms with Gasteiger partial charge in [-0.3, -0.25) is 14.9 Å². The fraction of sp³-hybridized carbons (Fsp3) is 0.0909. The van der Waals surface area contributed by atoms with Gasteiger partial charge in [-0.15, -0.1) is 0 Å². The summed E-state index contributed by atoms with van der Waals surface area (Å²) < 4.78 is 1.19. The number of aliphatic hydroxyl groups excluding tert-OH is 1. The zero-order valence-corrected chi connectivity index (χ0v) is 9.68. The lowest BCUT2D eigenvalue weighted by Crippen LogP contribution is -2.14. The Balaban J connectivity index is 2.47. The van der Waals surface area contributed by atoms with E-state index >= 15 is 0 Å². The molecule has 0 saturated heterocycles. The van der Waals surface area contributed by atoms with Gasteiger partial charge < -0.3 is 10.8 Å². The second-order valence-corrected chi connectivity index (χ2v) is 3.75. The van der Waals surface area contributed by atoms with Crippen LogP contribution in [0.5, 0.6) is 0 Å². The monoisotopic (exact) mass is 262 g/mol. The molecule has 2 aromatic rings. The van der Waals surface area contributed by atoms with Gasteiger partial charge in [-0.25, -0.2) is 4.68 Å². The predicted molar refractivity (Wildman–Crippen MR) is 64.7 cm³/mol. The molecule has 0 aliphatic heterocycles. The minimum atomic E-state index is -0.961. The largest absolute Gasteiger partial charge is 0.392 e. The molecule has 1 heterocycles. The normalized spacial score (nSPS) is 10.4. The van der Waals surface area contributed by atoms with E-state index in [2.05, 4.69) is 5.10 Å². The molecule has 98 valence electrons. The van der Waals surface area contributed by atoms with E-state index in [-0.39, 0.29) is 6.61 Å². The summed E-state index contributed by atoms with van der Waals surface area (Å²) in [6.07, 6.45) is 1.12. The van der Waals surface area contributed by atoms with E-state index in [1.54, 1.807) is 24.3 Å². The van der Waals surface area contributed by atoms with E-state index in [4.69, 9.17) is 10.8 Å². The van der Waals surface area contributed by atoms with Crippen molar-refractivity contribution in [3.63, 3.8) is 0 Å². The Labute approximate surface area is 107 Å². The lowest BCUT2D eigenvalue weighted by atomic mass is 10.2. The van der Waals surface area contributed by atoms with Gasteiger partial charge in [0, 0.05) is 0 Å². The summed E-state index contributed by atoms with van der Waals surface area (Å²) >= 11 is 0. The Morgan fingerprint density at radius 3 is 2.47 bits per heavy atom. The Hall–Kier alpha value is -2.74. The fourth-order valence-corrected chi connectivity index (χ4v) is 1.56. The number of hydrogen-bond donors (Lipinski definition) is 2. The molecule has 1 amide bonds. The van der Waals surface area contributed by atoms with E-state index in [0.29, 0.717) is 11.3 Å². The SMILES string of the molecule is NC(=O)c1nn(-c2ccc(CO)cc2)cc1[N+](=O)[O-]. The lowest BCUT2D eigenvalue weighted by molar-refractivity contribution is -0.385. The summed E-state index contributed by atoms with van der Waals surface area (Å²) in [5, 5.41) is 23.5. The van der Waals surface area contributed by atoms with E-state index < -0.39 is 22.2 Å². The summed E-state index contributed by atoms with van der Waals surface area (Å²) in [4.78, 5) is 21.1. The van der Waals surface area contributed by atoms with Crippen molar-refractivity contribution in [1.82, 2.24) is 9.78 Å². The van der Waals surface area contributed by atoms with Gasteiger partial charge in [0.15, 0.2) is 0 Å². The molecule has 0 fully saturated rings. The second kappa shape index (κ2) is 4.86. The Morgan fingerprint density at radius 2 is 2.05 bits per heavy atom. The number of nitro groups is 1. The maximum atomic E-state index is 11.1. The minimum Gasteiger partial charge on any atom is -0.392 e. The highest BCUT2D eigenvalue weighted by molar-refractivity contribution is 5.94. The van der Waals surface area contributed by atoms with Crippen LogP contribution in [0.3, 0.4) is 0 Å². The van der Waals surface area contributed by atoms with Gasteiger partial charge >= 0.3 is 5.69 Å². The Morgan fingerprint density at radius 1 is 1.42 bits per heavy atom. The van der Waals surface area contributed by atoms with Crippen molar-refractivity contribution in [3.8, 4) is 5.69 Å². The molecule has 1 aromatic heterocycles. The summed E-state index contributed by atoms with van der Waals surface area (Å²) in [6, 6.07) is 6.53. The molecule has 0 unspecified atom stereocenters. The number of carbonyl (C=O) groups is 1. The molecule has 1 aromatic carbocycles. The first-order valence-electron chi connectivity index (χ1n) is 5.27. The lowest BCUT2D eigenvalue weighted by Gasteiger charge is -2.01. The summed E-state index contributed by atoms with van der Waals surface area (Å²) in [6.45, 7) is -0.105. The molecule has 0 aliphatic rings. The first-order valence-corrected chi connectivity index (χ1v) is 5.27. The van der Waals surface area contributed by atoms with E-state index in [1.165, 1.54) is 4.68 Å². The van der Waals surface area contributed by atoms with Crippen molar-refractivity contribution in [2.75, 3.05) is 0 Å². The number of aliphatic hydroxyl groups is 1. The van der Waals surface area contributed by atoms with E-state index in [1.807, 2.05) is 0 Å². The van der Waals surface area contributed by atoms with Crippen LogP contribution in [0.15, 0.2) is 30.5 Å². The van der Waals surface area contributed by atoms with Gasteiger partial charge in [0.2, 0.25) is 5.69 Å². The highest BCUT2D eigenvalue weighted by Crippen LogP contribution is 2.19. The van der Waals surface area contributed by atoms with Crippen LogP contribution in [0.25, 0.3) is 5.69 Å². The van der Waals surface area contributed by atoms with Crippen LogP contribution >= 0.6 is 0 Å². The smallest absolute Gasteiger partial charge is 0.320 e. The van der Waals surface area contributed by atoms with Crippen molar-refractivity contribution in [1.29, 1.82) is 0 Å². The molecule has 0 radical (unpaired) electrons. The van der Waals surface area contributed by atoms with Crippen LogP contribution < -0.4 is 5.73 Å². The van der Waals surface area contributed by atoms with Crippen LogP contribution in [-0.4, -0.2) is 25.7 Å². The van der Waals surface area contributed by atoms with Gasteiger partial charge in [-0.1, -0.05) is 12.1 Å². The van der Waals surface area contributed by atoms with Gasteiger partial charge in [-0.05, 0) is 17.7 Å². The van der Waals surface area contributed by atoms with Crippen molar-refractivity contribution in [2.24, 2.45) is 5.73 Å². The fourth-order valence-electron chi connectivity index (χ4n) is 1.56. The number of aromatic nitrogens is 2. The van der Waals surface area contributed by atoms with E-state index in [9.17, 15) is 14.9 Å². The standard InChI is InChI=1S/C11H10N4O4/c12-11(17)10-9(15(18)19)5-14(13-10)8-3-1-7(6-16)2-4-8/h1-5,16H,6H2,(H2,12,17). The Bertz CT molecular complexity index is 601. The molecule has 0 spiro atoms. The zero-order chi connectivity index (χ0) is 14.0. The van der Waals surface area contributed by atoms with Crippen LogP contribution in [0.4, 0.5) is 5.69 Å². The third kappa shape index (κ3) is 2.43. The molecular formula is C11H10N4O4. The van der Waals surface area contributed by atoms with Crippen molar-refractivity contribution < 1.29 is 14.8 Å². The Kier molecular flexibility index (Phi) is 3.25. The summed E-state index contributed by atoms with van der Waals surface area (Å²) in [5.74, 6) is -0.961. The number of primary amides is 1. The number of hydrogen-bond acceptors (Lipinski definition) is 5. The van der Waals surface area contributed by atoms with Crippen molar-refractivity contribution in [2.45, 2.75) is 6.61 Å². The second-order valence-electron chi connectivity index (χ2n) is 3.75. The zero-order valence-electron chi connectivity index (χ0n) is 9.68. The van der Waals surface area contributed by atoms with Gasteiger partial charge in [0.25, 0.3) is 5.91 Å². The third-order valence-electron chi connectivity index (χ3n) is 2.51. The molecule has 0 saturated carbocycles. The average molecular weight is 262 g/mol. The quantitative estimate of drug-likeness (QED) is 0.608. The van der Waals surface area contributed by atoms with Crippen LogP contribution in [-0.2, 0) is 6.61 Å². The molecule has 2 rings (SSSR count). The van der Waals surface area contributed by atoms with Gasteiger partial charge in [0.05, 0.1) is 17.2 Å². The molecule has 0 aliphatic carbocycles. The van der Waals surface area contributed by atoms with E-state index in [0.717, 1.165) is 6.20 Å². The average Bonchev–Trinajstić information content (AvgIpc) is 2.84. The third-order valence-corrected chi connectivity index (χ3v) is 2.51. The molecule has 8 nitrogen and oxygen atoms in total. The first kappa shape index (κ1) is 12.7. The van der Waals surface area contributed by atoms with Crippen LogP contribution in [0.2, 0.25) is 0 Å². The topological polar surface area (TPSA) is 124 Å². The van der Waals surface area contributed by atoms with Crippen LogP contribution in [0, 0.1) is 10.1 Å². The molecule has 8 heteroatoms. The predicted octanol–water partition coefficient (Wildman–Crippen LogP) is 0.372. The maximum Gasteiger partial charge on any atom is 0.320 e. The van der Waals surface area contributed by atoms with Crippen LogP contribution in [0.1, 0.15) is 16.1 Å². The number of carbonyl (C=O) groups excluding carboxylic acids is 1. The minimum absolute atomic E-state index is 0.105. The molecule has 0 bridgehead atoms. The number of nitrogens with zero attached hydrogens (tertiary/aromatic N) is 3. The number of nitrogens with two attached hydrogens (primary N) is 1. The van der Waals surface area contributed by atoms with Gasteiger partial charge in [-0.2, -0.15) is 5.10 Å². The van der Waals surface area contributed by atoms with Gasteiger partial charge in [0.1, 0.15) is 6.20 Å². The highest BCUT2D eigenvalue weighted by Gasteiger charge is 2.24. The number of benzene rings is 1. The molecule has 19 heavy (non-hydrogen) atoms. The summed E-state index contributed by atoms with van der Waals surface area (Å²) in [5.41, 5.74) is 5.42. The summed E-state index contributed by atoms with van der Waals surface area (Å²) in [7, 11) is 0. The number of amides is 1. The maximum absolute atomic E-state index is 11.1. The molecular weight excluding hydrogens is 252 g/mol. The first-order chi connectivity index (χ1) is 9.02.